The molecule has 1 saturated carbocycles. The Morgan fingerprint density at radius 2 is 1.67 bits per heavy atom. The molecule has 48 valence electrons. The zero-order chi connectivity index (χ0) is 6.91. The van der Waals surface area contributed by atoms with Crippen LogP contribution in [-0.4, -0.2) is 5.78 Å². The Morgan fingerprint density at radius 1 is 1.22 bits per heavy atom. The van der Waals surface area contributed by atoms with Gasteiger partial charge in [0.05, 0.1) is 0 Å². The molecule has 0 atom stereocenters. The SMILES string of the molecule is [CH]C1([CH])CCC(=O)CC1. The van der Waals surface area contributed by atoms with Gasteiger partial charge in [0.15, 0.2) is 0 Å². The third-order valence-electron chi connectivity index (χ3n) is 1.74. The first-order valence-electron chi connectivity index (χ1n) is 3.20. The molecule has 1 fully saturated rings. The van der Waals surface area contributed by atoms with Crippen LogP contribution in [0.4, 0.5) is 0 Å². The smallest absolute Gasteiger partial charge is 0.132 e. The van der Waals surface area contributed by atoms with Gasteiger partial charge in [-0.25, -0.2) is 0 Å². The minimum atomic E-state index is -0.562. The Morgan fingerprint density at radius 3 is 2.00 bits per heavy atom. The summed E-state index contributed by atoms with van der Waals surface area (Å²) in [4.78, 5) is 10.6. The Balaban J connectivity index is 2.44. The minimum absolute atomic E-state index is 0.293. The van der Waals surface area contributed by atoms with E-state index in [1.807, 2.05) is 0 Å². The van der Waals surface area contributed by atoms with Crippen molar-refractivity contribution in [3.63, 3.8) is 0 Å². The lowest BCUT2D eigenvalue weighted by Crippen LogP contribution is -2.21. The molecule has 1 rings (SSSR count). The lowest BCUT2D eigenvalue weighted by atomic mass is 9.77. The molecule has 4 radical (unpaired) electrons. The minimum Gasteiger partial charge on any atom is -0.300 e. The van der Waals surface area contributed by atoms with Gasteiger partial charge in [0, 0.05) is 12.8 Å². The monoisotopic (exact) mass is 122 g/mol. The van der Waals surface area contributed by atoms with Crippen LogP contribution < -0.4 is 0 Å². The van der Waals surface area contributed by atoms with Crippen LogP contribution in [-0.2, 0) is 4.79 Å². The van der Waals surface area contributed by atoms with E-state index in [-0.39, 0.29) is 0 Å². The van der Waals surface area contributed by atoms with E-state index in [2.05, 4.69) is 0 Å². The molecule has 1 aliphatic rings. The average molecular weight is 122 g/mol. The van der Waals surface area contributed by atoms with Crippen LogP contribution in [0.1, 0.15) is 25.7 Å². The Labute approximate surface area is 56.4 Å². The van der Waals surface area contributed by atoms with Crippen LogP contribution >= 0.6 is 0 Å². The maximum absolute atomic E-state index is 10.6. The summed E-state index contributed by atoms with van der Waals surface area (Å²) in [6.07, 6.45) is 2.41. The molecule has 0 N–H and O–H groups in total. The fraction of sp³-hybridized carbons (Fsp3) is 0.625. The summed E-state index contributed by atoms with van der Waals surface area (Å²) in [7, 11) is 0. The van der Waals surface area contributed by atoms with E-state index < -0.39 is 5.41 Å². The molecule has 0 aromatic heterocycles. The molecule has 0 aliphatic heterocycles. The first-order chi connectivity index (χ1) is 4.10. The van der Waals surface area contributed by atoms with Crippen molar-refractivity contribution in [1.29, 1.82) is 0 Å². The highest BCUT2D eigenvalue weighted by Gasteiger charge is 2.25. The second-order valence-electron chi connectivity index (χ2n) is 2.77. The molecule has 0 amide bonds. The highest BCUT2D eigenvalue weighted by atomic mass is 16.1. The molecule has 1 heteroatoms. The molecule has 0 bridgehead atoms. The van der Waals surface area contributed by atoms with Crippen molar-refractivity contribution in [3.8, 4) is 0 Å². The average Bonchev–Trinajstić information content (AvgIpc) is 1.78. The maximum atomic E-state index is 10.6. The van der Waals surface area contributed by atoms with E-state index in [9.17, 15) is 4.79 Å². The predicted octanol–water partition coefficient (Wildman–Crippen LogP) is 1.54. The zero-order valence-corrected chi connectivity index (χ0v) is 5.39. The standard InChI is InChI=1S/C8H10O/c1-8(2)5-3-7(9)4-6-8/h1-2H,3-6H2. The summed E-state index contributed by atoms with van der Waals surface area (Å²) in [5, 5.41) is 0. The van der Waals surface area contributed by atoms with E-state index in [1.54, 1.807) is 0 Å². The summed E-state index contributed by atoms with van der Waals surface area (Å²) in [5.74, 6) is 0.293. The van der Waals surface area contributed by atoms with E-state index in [1.165, 1.54) is 0 Å². The third kappa shape index (κ3) is 1.81. The second kappa shape index (κ2) is 2.13. The van der Waals surface area contributed by atoms with Crippen LogP contribution in [0.5, 0.6) is 0 Å². The van der Waals surface area contributed by atoms with Gasteiger partial charge in [0.25, 0.3) is 0 Å². The number of ketones is 1. The number of hydrogen-bond acceptors (Lipinski definition) is 1. The number of carbonyl (C=O) groups is 1. The summed E-state index contributed by atoms with van der Waals surface area (Å²) in [6, 6.07) is 0. The van der Waals surface area contributed by atoms with E-state index in [0.29, 0.717) is 31.5 Å². The molecule has 1 aliphatic carbocycles. The topological polar surface area (TPSA) is 17.1 Å². The van der Waals surface area contributed by atoms with Crippen molar-refractivity contribution in [1.82, 2.24) is 0 Å². The van der Waals surface area contributed by atoms with Crippen molar-refractivity contribution in [2.75, 3.05) is 0 Å². The van der Waals surface area contributed by atoms with Crippen LogP contribution in [0.2, 0.25) is 0 Å². The van der Waals surface area contributed by atoms with Crippen molar-refractivity contribution in [2.45, 2.75) is 25.7 Å². The fourth-order valence-corrected chi connectivity index (χ4v) is 0.994. The van der Waals surface area contributed by atoms with Gasteiger partial charge in [-0.15, -0.1) is 0 Å². The van der Waals surface area contributed by atoms with Gasteiger partial charge >= 0.3 is 0 Å². The highest BCUT2D eigenvalue weighted by Crippen LogP contribution is 2.32. The van der Waals surface area contributed by atoms with Crippen molar-refractivity contribution in [3.05, 3.63) is 13.8 Å². The van der Waals surface area contributed by atoms with Gasteiger partial charge in [0.2, 0.25) is 0 Å². The third-order valence-corrected chi connectivity index (χ3v) is 1.74. The molecule has 0 aromatic rings. The van der Waals surface area contributed by atoms with Crippen LogP contribution in [0.3, 0.4) is 0 Å². The molecule has 0 aromatic carbocycles. The molecule has 0 spiro atoms. The Bertz CT molecular complexity index is 113. The fourth-order valence-electron chi connectivity index (χ4n) is 0.994. The second-order valence-corrected chi connectivity index (χ2v) is 2.77. The normalized spacial score (nSPS) is 26.2. The summed E-state index contributed by atoms with van der Waals surface area (Å²) >= 11 is 0. The van der Waals surface area contributed by atoms with E-state index in [0.717, 1.165) is 0 Å². The number of Topliss-reactive ketones (excluding diaryl/α,β-unsaturated/α-hetero) is 1. The first-order valence-corrected chi connectivity index (χ1v) is 3.20. The van der Waals surface area contributed by atoms with Crippen LogP contribution in [0.25, 0.3) is 0 Å². The van der Waals surface area contributed by atoms with Crippen molar-refractivity contribution >= 4 is 5.78 Å². The van der Waals surface area contributed by atoms with Gasteiger partial charge in [0.1, 0.15) is 5.78 Å². The lowest BCUT2D eigenvalue weighted by Gasteiger charge is -2.27. The van der Waals surface area contributed by atoms with Gasteiger partial charge in [-0.1, -0.05) is 0 Å². The Kier molecular flexibility index (Phi) is 1.60. The largest absolute Gasteiger partial charge is 0.300 e. The maximum Gasteiger partial charge on any atom is 0.132 e. The predicted molar refractivity (Wildman–Crippen MR) is 34.5 cm³/mol. The quantitative estimate of drug-likeness (QED) is 0.476. The number of hydrogen-bond donors (Lipinski definition) is 0. The summed E-state index contributed by atoms with van der Waals surface area (Å²) in [5.41, 5.74) is -0.562. The molecule has 0 unspecified atom stereocenters. The molecule has 9 heavy (non-hydrogen) atoms. The van der Waals surface area contributed by atoms with Gasteiger partial charge < -0.3 is 0 Å². The molecule has 1 nitrogen and oxygen atoms in total. The number of rotatable bonds is 0. The van der Waals surface area contributed by atoms with Crippen molar-refractivity contribution < 1.29 is 4.79 Å². The van der Waals surface area contributed by atoms with Crippen LogP contribution in [0, 0.1) is 19.3 Å². The number of carbonyl (C=O) groups excluding carboxylic acids is 1. The lowest BCUT2D eigenvalue weighted by molar-refractivity contribution is -0.121. The van der Waals surface area contributed by atoms with Gasteiger partial charge in [-0.3, -0.25) is 4.79 Å². The first kappa shape index (κ1) is 6.79. The Hall–Kier alpha value is -0.330. The van der Waals surface area contributed by atoms with Gasteiger partial charge in [-0.2, -0.15) is 0 Å². The molecular formula is C8H10O. The molecule has 0 saturated heterocycles. The van der Waals surface area contributed by atoms with Crippen molar-refractivity contribution in [2.24, 2.45) is 5.41 Å². The molecular weight excluding hydrogens is 112 g/mol. The van der Waals surface area contributed by atoms with Gasteiger partial charge in [-0.05, 0) is 32.1 Å². The molecule has 0 heterocycles. The zero-order valence-electron chi connectivity index (χ0n) is 5.39. The highest BCUT2D eigenvalue weighted by molar-refractivity contribution is 5.79. The summed E-state index contributed by atoms with van der Waals surface area (Å²) in [6.45, 7) is 11.1. The van der Waals surface area contributed by atoms with Crippen LogP contribution in [0.15, 0.2) is 0 Å². The summed E-state index contributed by atoms with van der Waals surface area (Å²) < 4.78 is 0. The van der Waals surface area contributed by atoms with E-state index in [4.69, 9.17) is 13.8 Å². The van der Waals surface area contributed by atoms with E-state index >= 15 is 0 Å².